The molecule has 3 aromatic heterocycles. The summed E-state index contributed by atoms with van der Waals surface area (Å²) in [5, 5.41) is 6.24. The molecule has 0 fully saturated rings. The number of amides is 1. The smallest absolute Gasteiger partial charge is 0.293 e. The Labute approximate surface area is 126 Å². The maximum atomic E-state index is 12.1. The highest BCUT2D eigenvalue weighted by molar-refractivity contribution is 6.01. The van der Waals surface area contributed by atoms with Crippen LogP contribution in [0.25, 0.3) is 0 Å². The van der Waals surface area contributed by atoms with Crippen molar-refractivity contribution in [3.8, 4) is 0 Å². The lowest BCUT2D eigenvalue weighted by Gasteiger charge is -1.98. The van der Waals surface area contributed by atoms with Crippen molar-refractivity contribution >= 4 is 11.9 Å². The molecule has 0 aliphatic carbocycles. The zero-order valence-electron chi connectivity index (χ0n) is 12.2. The van der Waals surface area contributed by atoms with Gasteiger partial charge in [0.25, 0.3) is 11.9 Å². The number of anilines is 1. The minimum Gasteiger partial charge on any atom is -0.454 e. The Morgan fingerprint density at radius 3 is 2.95 bits per heavy atom. The summed E-state index contributed by atoms with van der Waals surface area (Å²) in [7, 11) is 0. The molecule has 1 N–H and O–H groups in total. The minimum atomic E-state index is -0.423. The standard InChI is InChI=1S/C14H15N5O3/c1-9(2)13-17-14(18-22-13)16-12(20)11-4-3-10(21-11)7-19-6-5-15-8-19/h3-6,8-9H,7H2,1-2H3,(H,16,18,20). The highest BCUT2D eigenvalue weighted by Gasteiger charge is 2.16. The number of nitrogens with zero attached hydrogens (tertiary/aromatic N) is 4. The summed E-state index contributed by atoms with van der Waals surface area (Å²) in [6.45, 7) is 4.36. The van der Waals surface area contributed by atoms with E-state index in [1.165, 1.54) is 0 Å². The lowest BCUT2D eigenvalue weighted by molar-refractivity contribution is 0.0993. The first-order valence-corrected chi connectivity index (χ1v) is 6.81. The molecule has 0 saturated carbocycles. The molecule has 22 heavy (non-hydrogen) atoms. The molecular formula is C14H15N5O3. The van der Waals surface area contributed by atoms with Crippen LogP contribution in [0.1, 0.15) is 42.0 Å². The van der Waals surface area contributed by atoms with E-state index in [1.807, 2.05) is 24.6 Å². The van der Waals surface area contributed by atoms with Crippen LogP contribution in [-0.2, 0) is 6.54 Å². The first kappa shape index (κ1) is 14.1. The van der Waals surface area contributed by atoms with Crippen molar-refractivity contribution in [2.75, 3.05) is 5.32 Å². The van der Waals surface area contributed by atoms with E-state index in [0.717, 1.165) is 0 Å². The Kier molecular flexibility index (Phi) is 3.73. The molecule has 0 bridgehead atoms. The quantitative estimate of drug-likeness (QED) is 0.776. The number of rotatable bonds is 5. The fourth-order valence-corrected chi connectivity index (χ4v) is 1.83. The first-order valence-electron chi connectivity index (χ1n) is 6.81. The van der Waals surface area contributed by atoms with E-state index in [-0.39, 0.29) is 17.6 Å². The second-order valence-electron chi connectivity index (χ2n) is 5.07. The fourth-order valence-electron chi connectivity index (χ4n) is 1.83. The molecule has 8 nitrogen and oxygen atoms in total. The molecule has 8 heteroatoms. The molecule has 0 radical (unpaired) electrons. The van der Waals surface area contributed by atoms with Crippen LogP contribution in [0, 0.1) is 0 Å². The third-order valence-electron chi connectivity index (χ3n) is 2.94. The monoisotopic (exact) mass is 301 g/mol. The van der Waals surface area contributed by atoms with E-state index in [0.29, 0.717) is 18.2 Å². The van der Waals surface area contributed by atoms with Gasteiger partial charge in [-0.15, -0.1) is 0 Å². The summed E-state index contributed by atoms with van der Waals surface area (Å²) in [4.78, 5) is 20.1. The summed E-state index contributed by atoms with van der Waals surface area (Å²) in [6.07, 6.45) is 5.17. The summed E-state index contributed by atoms with van der Waals surface area (Å²) < 4.78 is 12.4. The molecule has 0 spiro atoms. The summed E-state index contributed by atoms with van der Waals surface area (Å²) in [6, 6.07) is 3.34. The van der Waals surface area contributed by atoms with Crippen LogP contribution in [-0.4, -0.2) is 25.6 Å². The van der Waals surface area contributed by atoms with Crippen molar-refractivity contribution in [2.45, 2.75) is 26.3 Å². The minimum absolute atomic E-state index is 0.101. The average Bonchev–Trinajstić information content (AvgIpc) is 3.19. The molecule has 1 amide bonds. The number of hydrogen-bond acceptors (Lipinski definition) is 6. The lowest BCUT2D eigenvalue weighted by atomic mass is 10.2. The maximum absolute atomic E-state index is 12.1. The van der Waals surface area contributed by atoms with Crippen LogP contribution in [0.2, 0.25) is 0 Å². The molecule has 0 unspecified atom stereocenters. The normalized spacial score (nSPS) is 11.0. The first-order chi connectivity index (χ1) is 10.6. The molecule has 0 aliphatic rings. The second kappa shape index (κ2) is 5.84. The predicted octanol–water partition coefficient (Wildman–Crippen LogP) is 2.28. The van der Waals surface area contributed by atoms with Crippen LogP contribution in [0.3, 0.4) is 0 Å². The van der Waals surface area contributed by atoms with Crippen molar-refractivity contribution in [1.82, 2.24) is 19.7 Å². The van der Waals surface area contributed by atoms with E-state index in [9.17, 15) is 4.79 Å². The third-order valence-corrected chi connectivity index (χ3v) is 2.94. The van der Waals surface area contributed by atoms with Gasteiger partial charge in [0.2, 0.25) is 5.89 Å². The van der Waals surface area contributed by atoms with E-state index in [4.69, 9.17) is 8.94 Å². The number of carbonyl (C=O) groups is 1. The van der Waals surface area contributed by atoms with Gasteiger partial charge < -0.3 is 13.5 Å². The molecule has 0 aromatic carbocycles. The number of imidazole rings is 1. The summed E-state index contributed by atoms with van der Waals surface area (Å²) in [5.41, 5.74) is 0. The van der Waals surface area contributed by atoms with Gasteiger partial charge >= 0.3 is 0 Å². The van der Waals surface area contributed by atoms with Gasteiger partial charge in [-0.1, -0.05) is 13.8 Å². The van der Waals surface area contributed by atoms with Gasteiger partial charge in [-0.05, 0) is 17.3 Å². The van der Waals surface area contributed by atoms with Crippen LogP contribution < -0.4 is 5.32 Å². The van der Waals surface area contributed by atoms with Gasteiger partial charge in [0.15, 0.2) is 5.76 Å². The van der Waals surface area contributed by atoms with Crippen molar-refractivity contribution < 1.29 is 13.7 Å². The topological polar surface area (TPSA) is 99.0 Å². The molecule has 0 aliphatic heterocycles. The van der Waals surface area contributed by atoms with Crippen molar-refractivity contribution in [2.24, 2.45) is 0 Å². The van der Waals surface area contributed by atoms with Crippen molar-refractivity contribution in [1.29, 1.82) is 0 Å². The van der Waals surface area contributed by atoms with Gasteiger partial charge in [0.1, 0.15) is 5.76 Å². The van der Waals surface area contributed by atoms with E-state index in [1.54, 1.807) is 24.7 Å². The molecule has 0 atom stereocenters. The Morgan fingerprint density at radius 2 is 2.27 bits per heavy atom. The van der Waals surface area contributed by atoms with E-state index >= 15 is 0 Å². The van der Waals surface area contributed by atoms with Gasteiger partial charge in [0.05, 0.1) is 12.9 Å². The Balaban J connectivity index is 1.66. The second-order valence-corrected chi connectivity index (χ2v) is 5.07. The van der Waals surface area contributed by atoms with Crippen LogP contribution >= 0.6 is 0 Å². The summed E-state index contributed by atoms with van der Waals surface area (Å²) in [5.74, 6) is 1.11. The molecule has 114 valence electrons. The van der Waals surface area contributed by atoms with E-state index < -0.39 is 5.91 Å². The van der Waals surface area contributed by atoms with Gasteiger partial charge in [0, 0.05) is 18.3 Å². The lowest BCUT2D eigenvalue weighted by Crippen LogP contribution is -2.12. The van der Waals surface area contributed by atoms with Crippen LogP contribution in [0.5, 0.6) is 0 Å². The molecule has 3 aromatic rings. The summed E-state index contributed by atoms with van der Waals surface area (Å²) >= 11 is 0. The van der Waals surface area contributed by atoms with Gasteiger partial charge in [-0.2, -0.15) is 4.98 Å². The zero-order valence-corrected chi connectivity index (χ0v) is 12.2. The molecular weight excluding hydrogens is 286 g/mol. The third kappa shape index (κ3) is 3.05. The number of aromatic nitrogens is 4. The number of furan rings is 1. The van der Waals surface area contributed by atoms with Gasteiger partial charge in [-0.3, -0.25) is 10.1 Å². The molecule has 3 heterocycles. The average molecular weight is 301 g/mol. The van der Waals surface area contributed by atoms with Crippen LogP contribution in [0.4, 0.5) is 5.95 Å². The van der Waals surface area contributed by atoms with E-state index in [2.05, 4.69) is 20.4 Å². The molecule has 3 rings (SSSR count). The SMILES string of the molecule is CC(C)c1nc(NC(=O)c2ccc(Cn3ccnc3)o2)no1. The van der Waals surface area contributed by atoms with Crippen molar-refractivity contribution in [3.63, 3.8) is 0 Å². The zero-order chi connectivity index (χ0) is 15.5. The fraction of sp³-hybridized carbons (Fsp3) is 0.286. The largest absolute Gasteiger partial charge is 0.454 e. The number of hydrogen-bond donors (Lipinski definition) is 1. The van der Waals surface area contributed by atoms with Crippen molar-refractivity contribution in [3.05, 3.63) is 48.3 Å². The van der Waals surface area contributed by atoms with Crippen LogP contribution in [0.15, 0.2) is 39.8 Å². The predicted molar refractivity (Wildman–Crippen MR) is 76.4 cm³/mol. The number of carbonyl (C=O) groups excluding carboxylic acids is 1. The Bertz CT molecular complexity index is 757. The molecule has 0 saturated heterocycles. The Hall–Kier alpha value is -2.90. The highest BCUT2D eigenvalue weighted by atomic mass is 16.5. The number of nitrogens with one attached hydrogen (secondary N) is 1. The maximum Gasteiger partial charge on any atom is 0.293 e. The highest BCUT2D eigenvalue weighted by Crippen LogP contribution is 2.15. The van der Waals surface area contributed by atoms with Gasteiger partial charge in [-0.25, -0.2) is 4.98 Å². The Morgan fingerprint density at radius 1 is 1.41 bits per heavy atom.